The van der Waals surface area contributed by atoms with Crippen molar-refractivity contribution >= 4 is 11.8 Å². The third-order valence-electron chi connectivity index (χ3n) is 6.67. The minimum absolute atomic E-state index is 0.00676. The molecule has 2 atom stereocenters. The van der Waals surface area contributed by atoms with Gasteiger partial charge < -0.3 is 19.6 Å². The summed E-state index contributed by atoms with van der Waals surface area (Å²) in [5, 5.41) is 6.71. The van der Waals surface area contributed by atoms with Gasteiger partial charge in [0.15, 0.2) is 11.5 Å². The van der Waals surface area contributed by atoms with Crippen molar-refractivity contribution in [1.82, 2.24) is 20.3 Å². The van der Waals surface area contributed by atoms with Gasteiger partial charge >= 0.3 is 0 Å². The predicted octanol–water partition coefficient (Wildman–Crippen LogP) is 3.76. The largest absolute Gasteiger partial charge is 0.355 e. The zero-order chi connectivity index (χ0) is 25.7. The number of likely N-dealkylation sites (tertiary alicyclic amines) is 1. The molecule has 9 heteroatoms. The summed E-state index contributed by atoms with van der Waals surface area (Å²) < 4.78 is 32.5. The number of carbonyl (C=O) groups excluding carboxylic acids is 2. The Labute approximate surface area is 209 Å². The molecule has 1 fully saturated rings. The maximum atomic E-state index is 14.1. The van der Waals surface area contributed by atoms with E-state index in [1.807, 2.05) is 37.3 Å². The van der Waals surface area contributed by atoms with Gasteiger partial charge in [-0.2, -0.15) is 0 Å². The molecule has 0 saturated carbocycles. The monoisotopic (exact) mass is 496 g/mol. The third-order valence-corrected chi connectivity index (χ3v) is 6.67. The van der Waals surface area contributed by atoms with Crippen LogP contribution in [0.2, 0.25) is 0 Å². The Morgan fingerprint density at radius 1 is 1.17 bits per heavy atom. The summed E-state index contributed by atoms with van der Waals surface area (Å²) in [7, 11) is 1.79. The van der Waals surface area contributed by atoms with Crippen molar-refractivity contribution in [3.05, 3.63) is 77.5 Å². The second-order valence-electron chi connectivity index (χ2n) is 9.06. The van der Waals surface area contributed by atoms with Crippen LogP contribution in [0.25, 0.3) is 11.3 Å². The van der Waals surface area contributed by atoms with E-state index in [-0.39, 0.29) is 29.0 Å². The van der Waals surface area contributed by atoms with Crippen LogP contribution in [0.1, 0.15) is 29.4 Å². The highest BCUT2D eigenvalue weighted by Crippen LogP contribution is 2.25. The number of hydrogen-bond donors (Lipinski definition) is 1. The first-order valence-electron chi connectivity index (χ1n) is 12.1. The minimum atomic E-state index is -0.811. The van der Waals surface area contributed by atoms with E-state index in [0.717, 1.165) is 37.2 Å². The Morgan fingerprint density at radius 2 is 1.94 bits per heavy atom. The van der Waals surface area contributed by atoms with Gasteiger partial charge in [-0.05, 0) is 37.1 Å². The molecule has 0 radical (unpaired) electrons. The second-order valence-corrected chi connectivity index (χ2v) is 9.06. The normalized spacial score (nSPS) is 18.1. The lowest BCUT2D eigenvalue weighted by molar-refractivity contribution is -0.136. The molecule has 1 aliphatic rings. The molecule has 1 aliphatic heterocycles. The molecule has 1 N–H and O–H groups in total. The summed E-state index contributed by atoms with van der Waals surface area (Å²) in [4.78, 5) is 30.3. The van der Waals surface area contributed by atoms with Gasteiger partial charge in [-0.25, -0.2) is 8.78 Å². The van der Waals surface area contributed by atoms with Crippen LogP contribution in [0.3, 0.4) is 0 Å². The number of nitrogens with zero attached hydrogens (tertiary/aromatic N) is 3. The van der Waals surface area contributed by atoms with Crippen molar-refractivity contribution in [2.45, 2.75) is 25.8 Å². The zero-order valence-electron chi connectivity index (χ0n) is 20.4. The molecular weight excluding hydrogens is 466 g/mol. The molecule has 0 spiro atoms. The maximum absolute atomic E-state index is 14.1. The van der Waals surface area contributed by atoms with Crippen LogP contribution in [-0.2, 0) is 11.2 Å². The molecule has 1 saturated heterocycles. The Bertz CT molecular complexity index is 1200. The van der Waals surface area contributed by atoms with E-state index in [0.29, 0.717) is 19.5 Å². The molecule has 0 bridgehead atoms. The number of likely N-dealkylation sites (N-methyl/N-ethyl adjacent to an activating group) is 1. The number of halogens is 2. The lowest BCUT2D eigenvalue weighted by atomic mass is 9.90. The lowest BCUT2D eigenvalue weighted by Gasteiger charge is -2.39. The van der Waals surface area contributed by atoms with Crippen molar-refractivity contribution in [2.24, 2.45) is 5.92 Å². The molecule has 1 aromatic heterocycles. The Balaban J connectivity index is 1.44. The molecule has 2 amide bonds. The molecule has 2 aromatic carbocycles. The molecule has 190 valence electrons. The smallest absolute Gasteiger partial charge is 0.273 e. The highest BCUT2D eigenvalue weighted by Gasteiger charge is 2.36. The fraction of sp³-hybridized carbons (Fsp3) is 0.370. The molecule has 2 unspecified atom stereocenters. The van der Waals surface area contributed by atoms with Crippen LogP contribution < -0.4 is 5.32 Å². The van der Waals surface area contributed by atoms with Gasteiger partial charge in [0.2, 0.25) is 5.91 Å². The first-order chi connectivity index (χ1) is 17.4. The van der Waals surface area contributed by atoms with Crippen molar-refractivity contribution in [1.29, 1.82) is 0 Å². The predicted molar refractivity (Wildman–Crippen MR) is 131 cm³/mol. The van der Waals surface area contributed by atoms with Gasteiger partial charge in [0.1, 0.15) is 11.6 Å². The van der Waals surface area contributed by atoms with Crippen LogP contribution in [0, 0.1) is 17.6 Å². The minimum Gasteiger partial charge on any atom is -0.355 e. The van der Waals surface area contributed by atoms with Crippen molar-refractivity contribution in [3.8, 4) is 11.3 Å². The molecule has 4 rings (SSSR count). The summed E-state index contributed by atoms with van der Waals surface area (Å²) >= 11 is 0. The SMILES string of the molecule is CCN1CCC(NC(=O)c2cc(-c3ccc(F)cc3F)on2)C(C(=O)N(C)CCc2ccccc2)C1. The Hall–Kier alpha value is -3.59. The highest BCUT2D eigenvalue weighted by atomic mass is 19.1. The van der Waals surface area contributed by atoms with E-state index in [9.17, 15) is 18.4 Å². The van der Waals surface area contributed by atoms with E-state index < -0.39 is 23.5 Å². The number of amides is 2. The number of piperidine rings is 1. The Morgan fingerprint density at radius 3 is 2.67 bits per heavy atom. The quantitative estimate of drug-likeness (QED) is 0.514. The number of carbonyl (C=O) groups is 2. The highest BCUT2D eigenvalue weighted by molar-refractivity contribution is 5.94. The van der Waals surface area contributed by atoms with Gasteiger partial charge in [-0.3, -0.25) is 9.59 Å². The first kappa shape index (κ1) is 25.5. The van der Waals surface area contributed by atoms with E-state index in [2.05, 4.69) is 15.4 Å². The van der Waals surface area contributed by atoms with Gasteiger partial charge in [-0.1, -0.05) is 42.4 Å². The Kier molecular flexibility index (Phi) is 8.10. The summed E-state index contributed by atoms with van der Waals surface area (Å²) in [5.41, 5.74) is 1.13. The molecule has 36 heavy (non-hydrogen) atoms. The van der Waals surface area contributed by atoms with Crippen LogP contribution >= 0.6 is 0 Å². The zero-order valence-corrected chi connectivity index (χ0v) is 20.4. The van der Waals surface area contributed by atoms with E-state index in [4.69, 9.17) is 4.52 Å². The third kappa shape index (κ3) is 5.96. The van der Waals surface area contributed by atoms with Crippen LogP contribution in [0.5, 0.6) is 0 Å². The number of nitrogens with one attached hydrogen (secondary N) is 1. The number of aromatic nitrogens is 1. The van der Waals surface area contributed by atoms with Crippen LogP contribution in [0.4, 0.5) is 8.78 Å². The van der Waals surface area contributed by atoms with E-state index in [1.54, 1.807) is 11.9 Å². The molecule has 2 heterocycles. The second kappa shape index (κ2) is 11.4. The van der Waals surface area contributed by atoms with Crippen LogP contribution in [-0.4, -0.2) is 66.0 Å². The number of benzene rings is 2. The van der Waals surface area contributed by atoms with Crippen molar-refractivity contribution in [3.63, 3.8) is 0 Å². The number of hydrogen-bond acceptors (Lipinski definition) is 5. The van der Waals surface area contributed by atoms with Gasteiger partial charge in [0.25, 0.3) is 5.91 Å². The average Bonchev–Trinajstić information content (AvgIpc) is 3.38. The topological polar surface area (TPSA) is 78.7 Å². The molecular formula is C27H30F2N4O3. The number of rotatable bonds is 8. The van der Waals surface area contributed by atoms with E-state index in [1.165, 1.54) is 12.1 Å². The van der Waals surface area contributed by atoms with Gasteiger partial charge in [-0.15, -0.1) is 0 Å². The molecule has 7 nitrogen and oxygen atoms in total. The van der Waals surface area contributed by atoms with Gasteiger partial charge in [0, 0.05) is 44.9 Å². The first-order valence-corrected chi connectivity index (χ1v) is 12.1. The van der Waals surface area contributed by atoms with E-state index >= 15 is 0 Å². The molecule has 0 aliphatic carbocycles. The maximum Gasteiger partial charge on any atom is 0.273 e. The van der Waals surface area contributed by atoms with Crippen molar-refractivity contribution in [2.75, 3.05) is 33.2 Å². The summed E-state index contributed by atoms with van der Waals surface area (Å²) in [6.07, 6.45) is 1.35. The summed E-state index contributed by atoms with van der Waals surface area (Å²) in [5.74, 6) is -2.45. The fourth-order valence-electron chi connectivity index (χ4n) is 4.51. The molecule has 3 aromatic rings. The van der Waals surface area contributed by atoms with Gasteiger partial charge in [0.05, 0.1) is 11.5 Å². The standard InChI is InChI=1S/C27H30F2N4O3/c1-3-33-14-12-23(21(17-33)27(35)32(2)13-11-18-7-5-4-6-8-18)30-26(34)24-16-25(36-31-24)20-10-9-19(28)15-22(20)29/h4-10,15-16,21,23H,3,11-14,17H2,1-2H3,(H,30,34). The average molecular weight is 497 g/mol. The lowest BCUT2D eigenvalue weighted by Crippen LogP contribution is -2.56. The van der Waals surface area contributed by atoms with Crippen molar-refractivity contribution < 1.29 is 22.9 Å². The summed E-state index contributed by atoms with van der Waals surface area (Å²) in [6, 6.07) is 14.0. The van der Waals surface area contributed by atoms with Crippen LogP contribution in [0.15, 0.2) is 59.1 Å². The summed E-state index contributed by atoms with van der Waals surface area (Å²) in [6.45, 7) is 4.73. The fourth-order valence-corrected chi connectivity index (χ4v) is 4.51.